The molecule has 0 spiro atoms. The monoisotopic (exact) mass is 278 g/mol. The van der Waals surface area contributed by atoms with Gasteiger partial charge in [0, 0.05) is 16.9 Å². The molecule has 20 heavy (non-hydrogen) atoms. The van der Waals surface area contributed by atoms with Crippen molar-refractivity contribution in [1.82, 2.24) is 0 Å². The van der Waals surface area contributed by atoms with Crippen LogP contribution in [0.15, 0.2) is 22.8 Å². The topological polar surface area (TPSA) is 57.5 Å². The summed E-state index contributed by atoms with van der Waals surface area (Å²) in [5, 5.41) is 19.8. The normalized spacial score (nSPS) is 28.4. The predicted molar refractivity (Wildman–Crippen MR) is 79.2 cm³/mol. The van der Waals surface area contributed by atoms with Gasteiger partial charge in [-0.1, -0.05) is 31.9 Å². The van der Waals surface area contributed by atoms with Gasteiger partial charge < -0.3 is 10.2 Å². The molecule has 0 aromatic heterocycles. The first kappa shape index (κ1) is 15.5. The van der Waals surface area contributed by atoms with Crippen molar-refractivity contribution in [3.05, 3.63) is 22.8 Å². The van der Waals surface area contributed by atoms with Crippen LogP contribution in [-0.4, -0.2) is 28.7 Å². The molecular weight excluding hydrogens is 252 g/mol. The lowest BCUT2D eigenvalue weighted by molar-refractivity contribution is -0.112. The Morgan fingerprint density at radius 1 is 1.45 bits per heavy atom. The third-order valence-electron chi connectivity index (χ3n) is 4.96. The molecule has 0 radical (unpaired) electrons. The van der Waals surface area contributed by atoms with E-state index in [1.807, 2.05) is 19.9 Å². The molecule has 0 aromatic carbocycles. The fourth-order valence-electron chi connectivity index (χ4n) is 3.23. The molecule has 2 atom stereocenters. The minimum atomic E-state index is -0.507. The van der Waals surface area contributed by atoms with Gasteiger partial charge in [0.15, 0.2) is 5.78 Å². The van der Waals surface area contributed by atoms with Crippen LogP contribution in [0.5, 0.6) is 0 Å². The summed E-state index contributed by atoms with van der Waals surface area (Å²) in [6, 6.07) is 0. The highest BCUT2D eigenvalue weighted by molar-refractivity contribution is 6.12. The van der Waals surface area contributed by atoms with Crippen LogP contribution in [0.4, 0.5) is 0 Å². The van der Waals surface area contributed by atoms with E-state index in [1.54, 1.807) is 0 Å². The van der Waals surface area contributed by atoms with Gasteiger partial charge in [-0.25, -0.2) is 0 Å². The number of hydrogen-bond acceptors (Lipinski definition) is 3. The average Bonchev–Trinajstić information content (AvgIpc) is 3.19. The number of Topliss-reactive ketones (excluding diaryl/α,β-unsaturated/α-hetero) is 1. The fraction of sp³-hybridized carbons (Fsp3) is 0.706. The van der Waals surface area contributed by atoms with Crippen LogP contribution in [-0.2, 0) is 4.79 Å². The van der Waals surface area contributed by atoms with Crippen molar-refractivity contribution >= 4 is 5.78 Å². The Balaban J connectivity index is 2.40. The Hall–Kier alpha value is -0.930. The molecule has 2 unspecified atom stereocenters. The van der Waals surface area contributed by atoms with E-state index in [2.05, 4.69) is 6.92 Å². The van der Waals surface area contributed by atoms with Crippen molar-refractivity contribution in [3.63, 3.8) is 0 Å². The van der Waals surface area contributed by atoms with Crippen LogP contribution in [0.2, 0.25) is 0 Å². The minimum Gasteiger partial charge on any atom is -0.395 e. The second-order valence-electron chi connectivity index (χ2n) is 6.25. The van der Waals surface area contributed by atoms with Crippen molar-refractivity contribution in [2.45, 2.75) is 59.0 Å². The first-order chi connectivity index (χ1) is 9.50. The predicted octanol–water partition coefficient (Wildman–Crippen LogP) is 2.77. The Kier molecular flexibility index (Phi) is 4.50. The lowest BCUT2D eigenvalue weighted by atomic mass is 9.84. The summed E-state index contributed by atoms with van der Waals surface area (Å²) in [5.74, 6) is -0.0837. The Bertz CT molecular complexity index is 455. The number of carbonyl (C=O) groups excluding carboxylic acids is 1. The molecule has 0 heterocycles. The minimum absolute atomic E-state index is 0.0987. The number of allylic oxidation sites excluding steroid dienone is 1. The van der Waals surface area contributed by atoms with Crippen LogP contribution in [0.3, 0.4) is 0 Å². The van der Waals surface area contributed by atoms with E-state index in [-0.39, 0.29) is 23.7 Å². The maximum absolute atomic E-state index is 12.6. The SMILES string of the molecule is CCCC1=CC(C(O)CC)/C(=C(/C)C2(CO)CC2)C1=O. The quantitative estimate of drug-likeness (QED) is 0.735. The maximum atomic E-state index is 12.6. The Labute approximate surface area is 121 Å². The standard InChI is InChI=1S/C17H26O3/c1-4-6-12-9-13(14(19)5-2)15(16(12)20)11(3)17(10-18)7-8-17/h9,13-14,18-19H,4-8,10H2,1-3H3/b15-11+. The van der Waals surface area contributed by atoms with E-state index in [0.29, 0.717) is 6.42 Å². The van der Waals surface area contributed by atoms with E-state index in [0.717, 1.165) is 42.4 Å². The zero-order valence-corrected chi connectivity index (χ0v) is 12.8. The summed E-state index contributed by atoms with van der Waals surface area (Å²) >= 11 is 0. The Morgan fingerprint density at radius 3 is 2.55 bits per heavy atom. The van der Waals surface area contributed by atoms with Gasteiger partial charge in [0.1, 0.15) is 0 Å². The summed E-state index contributed by atoms with van der Waals surface area (Å²) in [5.41, 5.74) is 2.42. The van der Waals surface area contributed by atoms with Crippen molar-refractivity contribution in [1.29, 1.82) is 0 Å². The van der Waals surface area contributed by atoms with E-state index in [4.69, 9.17) is 0 Å². The van der Waals surface area contributed by atoms with Gasteiger partial charge in [0.25, 0.3) is 0 Å². The fourth-order valence-corrected chi connectivity index (χ4v) is 3.23. The molecule has 0 saturated heterocycles. The van der Waals surface area contributed by atoms with Gasteiger partial charge in [-0.15, -0.1) is 0 Å². The first-order valence-electron chi connectivity index (χ1n) is 7.76. The van der Waals surface area contributed by atoms with Gasteiger partial charge in [0.05, 0.1) is 12.7 Å². The lowest BCUT2D eigenvalue weighted by Crippen LogP contribution is -2.23. The third kappa shape index (κ3) is 2.49. The molecule has 0 aliphatic heterocycles. The van der Waals surface area contributed by atoms with Crippen LogP contribution < -0.4 is 0 Å². The highest BCUT2D eigenvalue weighted by Crippen LogP contribution is 2.54. The number of ketones is 1. The zero-order chi connectivity index (χ0) is 14.9. The van der Waals surface area contributed by atoms with Crippen LogP contribution in [0, 0.1) is 11.3 Å². The average molecular weight is 278 g/mol. The summed E-state index contributed by atoms with van der Waals surface area (Å²) < 4.78 is 0. The van der Waals surface area contributed by atoms with Gasteiger partial charge in [-0.05, 0) is 38.2 Å². The Morgan fingerprint density at radius 2 is 2.10 bits per heavy atom. The first-order valence-corrected chi connectivity index (χ1v) is 7.76. The second-order valence-corrected chi connectivity index (χ2v) is 6.25. The highest BCUT2D eigenvalue weighted by atomic mass is 16.3. The van der Waals surface area contributed by atoms with Crippen molar-refractivity contribution < 1.29 is 15.0 Å². The number of hydrogen-bond donors (Lipinski definition) is 2. The van der Waals surface area contributed by atoms with E-state index in [1.165, 1.54) is 0 Å². The van der Waals surface area contributed by atoms with E-state index < -0.39 is 6.10 Å². The largest absolute Gasteiger partial charge is 0.395 e. The van der Waals surface area contributed by atoms with E-state index in [9.17, 15) is 15.0 Å². The summed E-state index contributed by atoms with van der Waals surface area (Å²) in [6.07, 6.45) is 5.70. The van der Waals surface area contributed by atoms with Crippen molar-refractivity contribution in [2.75, 3.05) is 6.61 Å². The van der Waals surface area contributed by atoms with Gasteiger partial charge in [0.2, 0.25) is 0 Å². The van der Waals surface area contributed by atoms with Crippen LogP contribution >= 0.6 is 0 Å². The van der Waals surface area contributed by atoms with Crippen LogP contribution in [0.25, 0.3) is 0 Å². The number of aliphatic hydroxyl groups is 2. The summed E-state index contributed by atoms with van der Waals surface area (Å²) in [7, 11) is 0. The molecule has 0 aromatic rings. The second kappa shape index (κ2) is 5.82. The molecule has 1 saturated carbocycles. The van der Waals surface area contributed by atoms with Gasteiger partial charge in [-0.2, -0.15) is 0 Å². The number of rotatable bonds is 6. The molecule has 0 bridgehead atoms. The molecule has 2 rings (SSSR count). The van der Waals surface area contributed by atoms with E-state index >= 15 is 0 Å². The molecular formula is C17H26O3. The summed E-state index contributed by atoms with van der Waals surface area (Å²) in [4.78, 5) is 12.6. The zero-order valence-electron chi connectivity index (χ0n) is 12.8. The molecule has 0 amide bonds. The third-order valence-corrected chi connectivity index (χ3v) is 4.96. The molecule has 2 aliphatic rings. The molecule has 1 fully saturated rings. The summed E-state index contributed by atoms with van der Waals surface area (Å²) in [6.45, 7) is 6.07. The number of carbonyl (C=O) groups is 1. The smallest absolute Gasteiger partial charge is 0.185 e. The number of aliphatic hydroxyl groups excluding tert-OH is 2. The van der Waals surface area contributed by atoms with Gasteiger partial charge >= 0.3 is 0 Å². The van der Waals surface area contributed by atoms with Gasteiger partial charge in [-0.3, -0.25) is 4.79 Å². The lowest BCUT2D eigenvalue weighted by Gasteiger charge is -2.22. The maximum Gasteiger partial charge on any atom is 0.185 e. The van der Waals surface area contributed by atoms with Crippen LogP contribution in [0.1, 0.15) is 52.9 Å². The molecule has 3 nitrogen and oxygen atoms in total. The molecule has 3 heteroatoms. The molecule has 2 N–H and O–H groups in total. The van der Waals surface area contributed by atoms with Crippen molar-refractivity contribution in [2.24, 2.45) is 11.3 Å². The highest BCUT2D eigenvalue weighted by Gasteiger charge is 2.47. The van der Waals surface area contributed by atoms with Crippen molar-refractivity contribution in [3.8, 4) is 0 Å². The molecule has 112 valence electrons. The molecule has 2 aliphatic carbocycles.